The molecular weight excluding hydrogens is 388 g/mol. The Bertz CT molecular complexity index is 1180. The van der Waals surface area contributed by atoms with Crippen molar-refractivity contribution in [2.75, 3.05) is 6.54 Å². The molecule has 0 radical (unpaired) electrons. The Hall–Kier alpha value is -3.59. The topological polar surface area (TPSA) is 94.7 Å². The van der Waals surface area contributed by atoms with Gasteiger partial charge in [0.15, 0.2) is 5.82 Å². The second-order valence-electron chi connectivity index (χ2n) is 6.26. The first kappa shape index (κ1) is 18.8. The standard InChI is InChI=1S/C20H18N6O2S/c1-25-17(15-9-5-6-10-21-15)24-26(20(25)28)12-11-22-18(27)16-13-29-19(23-16)14-7-3-2-4-8-14/h2-10,13H,11-12H2,1H3,(H,22,27). The Morgan fingerprint density at radius 2 is 1.93 bits per heavy atom. The lowest BCUT2D eigenvalue weighted by Crippen LogP contribution is -2.31. The average molecular weight is 406 g/mol. The summed E-state index contributed by atoms with van der Waals surface area (Å²) in [4.78, 5) is 33.4. The molecule has 0 saturated heterocycles. The van der Waals surface area contributed by atoms with Crippen LogP contribution >= 0.6 is 11.3 Å². The van der Waals surface area contributed by atoms with Crippen LogP contribution in [0, 0.1) is 0 Å². The minimum Gasteiger partial charge on any atom is -0.349 e. The number of nitrogens with zero attached hydrogens (tertiary/aromatic N) is 5. The van der Waals surface area contributed by atoms with Crippen LogP contribution in [0.15, 0.2) is 64.9 Å². The quantitative estimate of drug-likeness (QED) is 0.530. The average Bonchev–Trinajstić information content (AvgIpc) is 3.36. The summed E-state index contributed by atoms with van der Waals surface area (Å²) >= 11 is 1.42. The molecule has 0 aliphatic carbocycles. The molecule has 146 valence electrons. The number of hydrogen-bond donors (Lipinski definition) is 1. The number of aromatic nitrogens is 5. The third-order valence-corrected chi connectivity index (χ3v) is 5.19. The Balaban J connectivity index is 1.40. The van der Waals surface area contributed by atoms with Crippen LogP contribution in [-0.2, 0) is 13.6 Å². The van der Waals surface area contributed by atoms with Crippen molar-refractivity contribution in [3.05, 3.63) is 76.3 Å². The molecule has 1 N–H and O–H groups in total. The normalized spacial score (nSPS) is 10.8. The lowest BCUT2D eigenvalue weighted by atomic mass is 10.2. The van der Waals surface area contributed by atoms with Crippen molar-refractivity contribution >= 4 is 17.2 Å². The van der Waals surface area contributed by atoms with E-state index in [-0.39, 0.29) is 24.7 Å². The predicted octanol–water partition coefficient (Wildman–Crippen LogP) is 2.20. The van der Waals surface area contributed by atoms with Crippen molar-refractivity contribution in [2.45, 2.75) is 6.54 Å². The highest BCUT2D eigenvalue weighted by molar-refractivity contribution is 7.13. The van der Waals surface area contributed by atoms with Gasteiger partial charge in [0.1, 0.15) is 16.4 Å². The molecule has 0 bridgehead atoms. The minimum atomic E-state index is -0.280. The van der Waals surface area contributed by atoms with Crippen molar-refractivity contribution in [2.24, 2.45) is 7.05 Å². The highest BCUT2D eigenvalue weighted by Gasteiger charge is 2.14. The van der Waals surface area contributed by atoms with Crippen LogP contribution in [0.5, 0.6) is 0 Å². The maximum Gasteiger partial charge on any atom is 0.346 e. The van der Waals surface area contributed by atoms with Crippen molar-refractivity contribution in [3.8, 4) is 22.1 Å². The fourth-order valence-corrected chi connectivity index (χ4v) is 3.62. The van der Waals surface area contributed by atoms with E-state index in [4.69, 9.17) is 0 Å². The van der Waals surface area contributed by atoms with Crippen molar-refractivity contribution < 1.29 is 4.79 Å². The number of benzene rings is 1. The SMILES string of the molecule is Cn1c(-c2ccccn2)nn(CCNC(=O)c2csc(-c3ccccc3)n2)c1=O. The van der Waals surface area contributed by atoms with Gasteiger partial charge in [0.2, 0.25) is 0 Å². The molecule has 1 amide bonds. The minimum absolute atomic E-state index is 0.251. The Morgan fingerprint density at radius 3 is 2.69 bits per heavy atom. The molecular formula is C20H18N6O2S. The van der Waals surface area contributed by atoms with E-state index in [1.54, 1.807) is 30.8 Å². The lowest BCUT2D eigenvalue weighted by molar-refractivity contribution is 0.0947. The first-order chi connectivity index (χ1) is 14.1. The molecule has 4 rings (SSSR count). The van der Waals surface area contributed by atoms with Gasteiger partial charge in [0, 0.05) is 30.7 Å². The first-order valence-electron chi connectivity index (χ1n) is 8.98. The zero-order valence-electron chi connectivity index (χ0n) is 15.6. The lowest BCUT2D eigenvalue weighted by Gasteiger charge is -2.02. The van der Waals surface area contributed by atoms with E-state index in [2.05, 4.69) is 20.4 Å². The summed E-state index contributed by atoms with van der Waals surface area (Å²) in [7, 11) is 1.65. The van der Waals surface area contributed by atoms with Gasteiger partial charge in [0.05, 0.1) is 6.54 Å². The summed E-state index contributed by atoms with van der Waals surface area (Å²) < 4.78 is 2.76. The van der Waals surface area contributed by atoms with E-state index < -0.39 is 0 Å². The third kappa shape index (κ3) is 3.99. The summed E-state index contributed by atoms with van der Waals surface area (Å²) in [6.07, 6.45) is 1.65. The van der Waals surface area contributed by atoms with Crippen molar-refractivity contribution in [3.63, 3.8) is 0 Å². The van der Waals surface area contributed by atoms with Crippen LogP contribution in [0.4, 0.5) is 0 Å². The van der Waals surface area contributed by atoms with Gasteiger partial charge in [-0.05, 0) is 12.1 Å². The molecule has 0 spiro atoms. The van der Waals surface area contributed by atoms with Crippen LogP contribution < -0.4 is 11.0 Å². The number of carbonyl (C=O) groups excluding carboxylic acids is 1. The molecule has 1 aromatic carbocycles. The summed E-state index contributed by atoms with van der Waals surface area (Å²) in [6.45, 7) is 0.510. The van der Waals surface area contributed by atoms with Gasteiger partial charge < -0.3 is 5.32 Å². The summed E-state index contributed by atoms with van der Waals surface area (Å²) in [5.74, 6) is 0.200. The molecule has 4 aromatic rings. The third-order valence-electron chi connectivity index (χ3n) is 4.30. The van der Waals surface area contributed by atoms with Crippen LogP contribution in [0.25, 0.3) is 22.1 Å². The summed E-state index contributed by atoms with van der Waals surface area (Å²) in [5, 5.41) is 9.64. The van der Waals surface area contributed by atoms with Gasteiger partial charge in [-0.2, -0.15) is 0 Å². The summed E-state index contributed by atoms with van der Waals surface area (Å²) in [6, 6.07) is 15.1. The van der Waals surface area contributed by atoms with E-state index in [1.807, 2.05) is 36.4 Å². The van der Waals surface area contributed by atoms with Crippen LogP contribution in [-0.4, -0.2) is 36.8 Å². The second-order valence-corrected chi connectivity index (χ2v) is 7.12. The highest BCUT2D eigenvalue weighted by atomic mass is 32.1. The molecule has 9 heteroatoms. The number of nitrogens with one attached hydrogen (secondary N) is 1. The molecule has 0 saturated carbocycles. The molecule has 0 unspecified atom stereocenters. The van der Waals surface area contributed by atoms with E-state index in [9.17, 15) is 9.59 Å². The number of pyridine rings is 1. The smallest absolute Gasteiger partial charge is 0.346 e. The zero-order valence-corrected chi connectivity index (χ0v) is 16.5. The van der Waals surface area contributed by atoms with Crippen LogP contribution in [0.3, 0.4) is 0 Å². The molecule has 0 aliphatic rings. The number of amides is 1. The maximum atomic E-state index is 12.4. The van der Waals surface area contributed by atoms with Gasteiger partial charge >= 0.3 is 5.69 Å². The van der Waals surface area contributed by atoms with Gasteiger partial charge in [-0.1, -0.05) is 36.4 Å². The van der Waals surface area contributed by atoms with Crippen molar-refractivity contribution in [1.29, 1.82) is 0 Å². The molecule has 0 atom stereocenters. The molecule has 3 heterocycles. The largest absolute Gasteiger partial charge is 0.349 e. The molecule has 0 aliphatic heterocycles. The van der Waals surface area contributed by atoms with E-state index >= 15 is 0 Å². The molecule has 0 fully saturated rings. The zero-order chi connectivity index (χ0) is 20.2. The number of hydrogen-bond acceptors (Lipinski definition) is 6. The van der Waals surface area contributed by atoms with Crippen molar-refractivity contribution in [1.82, 2.24) is 29.6 Å². The van der Waals surface area contributed by atoms with Crippen LogP contribution in [0.1, 0.15) is 10.5 Å². The van der Waals surface area contributed by atoms with E-state index in [1.165, 1.54) is 20.6 Å². The highest BCUT2D eigenvalue weighted by Crippen LogP contribution is 2.23. The Kier molecular flexibility index (Phi) is 5.30. The summed E-state index contributed by atoms with van der Waals surface area (Å²) in [5.41, 5.74) is 1.68. The van der Waals surface area contributed by atoms with Gasteiger partial charge in [0.25, 0.3) is 5.91 Å². The second kappa shape index (κ2) is 8.19. The fourth-order valence-electron chi connectivity index (χ4n) is 2.81. The number of rotatable bonds is 6. The maximum absolute atomic E-state index is 12.4. The molecule has 8 nitrogen and oxygen atoms in total. The first-order valence-corrected chi connectivity index (χ1v) is 9.86. The fraction of sp³-hybridized carbons (Fsp3) is 0.150. The molecule has 29 heavy (non-hydrogen) atoms. The predicted molar refractivity (Wildman–Crippen MR) is 111 cm³/mol. The monoisotopic (exact) mass is 406 g/mol. The Labute approximate surface area is 170 Å². The number of thiazole rings is 1. The van der Waals surface area contributed by atoms with Gasteiger partial charge in [-0.3, -0.25) is 14.3 Å². The van der Waals surface area contributed by atoms with E-state index in [0.717, 1.165) is 10.6 Å². The molecule has 3 aromatic heterocycles. The van der Waals surface area contributed by atoms with E-state index in [0.29, 0.717) is 17.2 Å². The Morgan fingerprint density at radius 1 is 1.14 bits per heavy atom. The number of carbonyl (C=O) groups is 1. The van der Waals surface area contributed by atoms with Gasteiger partial charge in [-0.15, -0.1) is 16.4 Å². The van der Waals surface area contributed by atoms with Gasteiger partial charge in [-0.25, -0.2) is 14.5 Å². The van der Waals surface area contributed by atoms with Crippen LogP contribution in [0.2, 0.25) is 0 Å².